The van der Waals surface area contributed by atoms with E-state index in [2.05, 4.69) is 151 Å². The highest BCUT2D eigenvalue weighted by Gasteiger charge is 2.25. The summed E-state index contributed by atoms with van der Waals surface area (Å²) in [5.74, 6) is -2.63. The van der Waals surface area contributed by atoms with Crippen molar-refractivity contribution in [1.29, 1.82) is 0 Å². The number of carboxylic acid groups (broad SMARTS) is 2. The van der Waals surface area contributed by atoms with E-state index in [9.17, 15) is 51.6 Å². The molecular weight excluding hydrogens is 2050 g/mol. The number of nitrogens with zero attached hydrogens (tertiary/aromatic N) is 2. The molecule has 0 atom stereocenters. The Kier molecular flexibility index (Phi) is 109. The van der Waals surface area contributed by atoms with Crippen LogP contribution in [0.3, 0.4) is 0 Å². The van der Waals surface area contributed by atoms with Gasteiger partial charge in [0.1, 0.15) is 13.1 Å². The molecule has 0 saturated carbocycles. The summed E-state index contributed by atoms with van der Waals surface area (Å²) in [4.78, 5) is 103. The van der Waals surface area contributed by atoms with Gasteiger partial charge in [0.2, 0.25) is 35.4 Å². The molecule has 0 aromatic carbocycles. The molecule has 0 saturated heterocycles. The molecule has 0 aliphatic heterocycles. The lowest BCUT2D eigenvalue weighted by Gasteiger charge is -2.23. The summed E-state index contributed by atoms with van der Waals surface area (Å²) in [6.07, 6.45) is 63.4. The number of quaternary nitrogens is 1. The second-order valence-corrected chi connectivity index (χ2v) is 72.0. The number of carboxylic acids is 2. The number of unbranched alkanes of at least 4 members (excludes halogenated alkanes) is 42. The maximum atomic E-state index is 11.8. The first-order valence-electron chi connectivity index (χ1n) is 55.8. The smallest absolute Gasteiger partial charge is 0.325 e. The van der Waals surface area contributed by atoms with Crippen molar-refractivity contribution in [3.8, 4) is 0 Å². The van der Waals surface area contributed by atoms with E-state index < -0.39 is 77.7 Å². The van der Waals surface area contributed by atoms with Crippen molar-refractivity contribution in [1.82, 2.24) is 36.8 Å². The molecule has 9 N–H and O–H groups in total. The highest BCUT2D eigenvalue weighted by atomic mass is 127. The lowest BCUT2D eigenvalue weighted by Crippen LogP contribution is -3.00. The molecule has 0 heterocycles. The molecule has 0 radical (unpaired) electrons. The van der Waals surface area contributed by atoms with Gasteiger partial charge in [0.15, 0.2) is 49.9 Å². The summed E-state index contributed by atoms with van der Waals surface area (Å²) < 4.78 is 68.6. The van der Waals surface area contributed by atoms with E-state index in [4.69, 9.17) is 46.1 Å². The van der Waals surface area contributed by atoms with E-state index in [0.29, 0.717) is 45.1 Å². The third-order valence-corrected chi connectivity index (χ3v) is 42.6. The van der Waals surface area contributed by atoms with Gasteiger partial charge in [0.05, 0.1) is 46.5 Å². The third-order valence-electron chi connectivity index (χ3n) is 25.9. The number of nitrogens with one attached hydrogen (secondary N) is 6. The fraction of sp³-hybridized carbons (Fsp3) is 0.915. The summed E-state index contributed by atoms with van der Waals surface area (Å²) >= 11 is 0. The standard InChI is InChI=1S/C20H44N2O2Si.C19H42N2O2Si.C18H37NO4Si.C17H35NO4Si.C16H35NO5SSi.C16H33NO4Si.HI/c1-22(2,3)18-15-17-21-20(23)16-13-11-9-7-8-10-12-14-19-25(5,6)24-4;1-21(2)17-14-16-20-19(22)15-12-10-8-6-7-9-11-13-18-24(4,5)23-3;1-5-23-18(21)16-19-17(20)14-12-10-8-6-7-9-11-13-15-24(3,4)22-2;1-22-23(2,3)15-11-9-7-5-4-6-8-10-12-16(19)18-14-13-17(20)21;1-22-24(2,3)15-11-9-7-5-4-6-8-10-12-16(18)17-13-14-23(19,20)21;1-21-22(2,3)13-11-9-7-5-4-6-8-10-12-15(18)17-14-16(19)20;/h7-19H2,1-6H3;6-18H2,1-5H3,(H,20,22);5-16H2,1-4H3,(H,19,20);4-15H2,1-3H3,(H,18,19)(H,20,21);4-15H2,1-3H3,(H,17,18)(H,19,20,21);4-14H2,1-3H3,(H,17,18)(H,19,20);1H. The normalized spacial score (nSPS) is 11.7. The summed E-state index contributed by atoms with van der Waals surface area (Å²) in [6, 6.07) is 7.55. The van der Waals surface area contributed by atoms with Crippen LogP contribution in [0.15, 0.2) is 0 Å². The molecule has 0 unspecified atom stereocenters. The average molecular weight is 2280 g/mol. The molecule has 0 spiro atoms. The number of esters is 1. The van der Waals surface area contributed by atoms with Crippen molar-refractivity contribution in [3.63, 3.8) is 0 Å². The fourth-order valence-electron chi connectivity index (χ4n) is 15.1. The Bertz CT molecular complexity index is 3140. The lowest BCUT2D eigenvalue weighted by molar-refractivity contribution is -0.870. The maximum absolute atomic E-state index is 11.8. The van der Waals surface area contributed by atoms with Gasteiger partial charge in [-0.1, -0.05) is 270 Å². The lowest BCUT2D eigenvalue weighted by atomic mass is 10.1. The van der Waals surface area contributed by atoms with Crippen LogP contribution in [0.4, 0.5) is 0 Å². The summed E-state index contributed by atoms with van der Waals surface area (Å²) in [6.45, 7) is 33.1. The molecule has 0 aliphatic carbocycles. The molecule has 37 heteroatoms. The molecule has 0 rings (SSSR count). The zero-order chi connectivity index (χ0) is 109. The number of aliphatic carboxylic acids is 2. The highest BCUT2D eigenvalue weighted by molar-refractivity contribution is 7.85. The van der Waals surface area contributed by atoms with Crippen LogP contribution in [0, 0.1) is 0 Å². The van der Waals surface area contributed by atoms with Crippen LogP contribution >= 0.6 is 0 Å². The summed E-state index contributed by atoms with van der Waals surface area (Å²) in [5, 5.41) is 33.0. The van der Waals surface area contributed by atoms with Crippen LogP contribution in [0.5, 0.6) is 0 Å². The Labute approximate surface area is 900 Å². The Morgan fingerprint density at radius 3 is 0.685 bits per heavy atom. The Hall–Kier alpha value is -3.15. The van der Waals surface area contributed by atoms with E-state index in [1.165, 1.54) is 267 Å². The predicted octanol–water partition coefficient (Wildman–Crippen LogP) is 20.9. The number of carbonyl (C=O) groups is 9. The number of carbonyl (C=O) groups excluding carboxylic acids is 7. The number of amides is 6. The van der Waals surface area contributed by atoms with Crippen LogP contribution < -0.4 is 55.9 Å². The molecular formula is C106H227IN8O21SSi6. The van der Waals surface area contributed by atoms with Gasteiger partial charge in [0.25, 0.3) is 10.1 Å². The van der Waals surface area contributed by atoms with Crippen molar-refractivity contribution in [2.24, 2.45) is 0 Å². The monoisotopic (exact) mass is 2280 g/mol. The van der Waals surface area contributed by atoms with Crippen molar-refractivity contribution in [2.45, 2.75) is 488 Å². The first kappa shape index (κ1) is 153. The van der Waals surface area contributed by atoms with Gasteiger partial charge in [0, 0.05) is 114 Å². The van der Waals surface area contributed by atoms with Crippen LogP contribution in [0.2, 0.25) is 115 Å². The number of rotatable bonds is 91. The molecule has 0 bridgehead atoms. The number of hydrogen-bond acceptors (Lipinski definition) is 19. The minimum atomic E-state index is -3.99. The van der Waals surface area contributed by atoms with Crippen LogP contribution in [0.25, 0.3) is 0 Å². The van der Waals surface area contributed by atoms with E-state index in [-0.39, 0.29) is 98.0 Å². The van der Waals surface area contributed by atoms with E-state index in [0.717, 1.165) is 121 Å². The van der Waals surface area contributed by atoms with Gasteiger partial charge in [-0.3, -0.25) is 47.7 Å². The molecule has 6 amide bonds. The first-order chi connectivity index (χ1) is 66.8. The van der Waals surface area contributed by atoms with Gasteiger partial charge >= 0.3 is 17.9 Å². The summed E-state index contributed by atoms with van der Waals surface area (Å²) in [5.41, 5.74) is 0. The molecule has 0 aromatic rings. The zero-order valence-corrected chi connectivity index (χ0v) is 105. The van der Waals surface area contributed by atoms with E-state index in [1.807, 2.05) is 42.7 Å². The number of hydrogen-bond donors (Lipinski definition) is 9. The Balaban J connectivity index is -0.000000310. The third kappa shape index (κ3) is 133. The Morgan fingerprint density at radius 1 is 0.280 bits per heavy atom. The van der Waals surface area contributed by atoms with Gasteiger partial charge in [-0.15, -0.1) is 0 Å². The topological polar surface area (TPSA) is 388 Å². The average Bonchev–Trinajstić information content (AvgIpc) is 0.963. The maximum Gasteiger partial charge on any atom is 0.325 e. The van der Waals surface area contributed by atoms with E-state index in [1.54, 1.807) is 6.92 Å². The van der Waals surface area contributed by atoms with Crippen molar-refractivity contribution in [2.75, 3.05) is 143 Å². The minimum absolute atomic E-state index is 0. The molecule has 143 heavy (non-hydrogen) atoms. The van der Waals surface area contributed by atoms with Gasteiger partial charge in [-0.25, -0.2) is 0 Å². The van der Waals surface area contributed by atoms with E-state index >= 15 is 0 Å². The van der Waals surface area contributed by atoms with Crippen LogP contribution in [-0.4, -0.2) is 278 Å². The predicted molar refractivity (Wildman–Crippen MR) is 607 cm³/mol. The zero-order valence-electron chi connectivity index (χ0n) is 96.5. The van der Waals surface area contributed by atoms with Crippen LogP contribution in [-0.2, 0) is 84.6 Å². The quantitative estimate of drug-likeness (QED) is 0.00682. The van der Waals surface area contributed by atoms with Gasteiger partial charge in [-0.2, -0.15) is 8.42 Å². The molecule has 29 nitrogen and oxygen atoms in total. The first-order valence-corrected chi connectivity index (χ1v) is 76.1. The number of ether oxygens (including phenoxy) is 1. The number of halogens is 1. The molecule has 0 aliphatic rings. The fourth-order valence-corrected chi connectivity index (χ4v) is 23.3. The largest absolute Gasteiger partial charge is 1.00 e. The minimum Gasteiger partial charge on any atom is -1.00 e. The second kappa shape index (κ2) is 102. The van der Waals surface area contributed by atoms with Crippen molar-refractivity contribution < 1.29 is 126 Å². The van der Waals surface area contributed by atoms with Crippen molar-refractivity contribution >= 4 is 113 Å². The SMILES string of the molecule is CCOC(=O)CNC(=O)CCCCCCCCCC[Si](C)(C)OC.CO[Si](C)(C)CCCCCCCCCCC(=O)NCC(=O)O.CO[Si](C)(C)CCCCCCCCCCC(=O)NCCC(=O)O.CO[Si](C)(C)CCCCCCCCCCC(=O)NCCCN(C)C.CO[Si](C)(C)CCCCCCCCCCC(=O)NCCC[N+](C)(C)C.CO[Si](C)(C)CCCCCCCCCCC(=O)NCCS(=O)(=O)O.[I-]. The van der Waals surface area contributed by atoms with Gasteiger partial charge < -0.3 is 107 Å². The highest BCUT2D eigenvalue weighted by Crippen LogP contribution is 2.24. The molecule has 0 fully saturated rings. The Morgan fingerprint density at radius 2 is 0.483 bits per heavy atom. The molecule has 0 aromatic heterocycles. The van der Waals surface area contributed by atoms with Crippen LogP contribution in [0.1, 0.15) is 373 Å². The van der Waals surface area contributed by atoms with Gasteiger partial charge in [-0.05, 0) is 187 Å². The van der Waals surface area contributed by atoms with Crippen molar-refractivity contribution in [3.05, 3.63) is 0 Å². The second-order valence-electron chi connectivity index (χ2n) is 43.9. The summed E-state index contributed by atoms with van der Waals surface area (Å²) in [7, 11) is 9.58. The molecule has 854 valence electrons.